The quantitative estimate of drug-likeness (QED) is 0.906. The van der Waals surface area contributed by atoms with Crippen LogP contribution in [0, 0.1) is 5.92 Å². The first-order valence-electron chi connectivity index (χ1n) is 7.83. The van der Waals surface area contributed by atoms with E-state index in [1.165, 1.54) is 30.0 Å². The minimum atomic E-state index is 0.223. The van der Waals surface area contributed by atoms with Crippen LogP contribution in [0.25, 0.3) is 0 Å². The van der Waals surface area contributed by atoms with E-state index in [0.717, 1.165) is 26.1 Å². The van der Waals surface area contributed by atoms with Crippen LogP contribution >= 0.6 is 11.8 Å². The Bertz CT molecular complexity index is 417. The van der Waals surface area contributed by atoms with Crippen molar-refractivity contribution in [3.63, 3.8) is 0 Å². The lowest BCUT2D eigenvalue weighted by Crippen LogP contribution is -2.37. The highest BCUT2D eigenvalue weighted by Gasteiger charge is 2.32. The second kappa shape index (κ2) is 6.96. The fourth-order valence-corrected chi connectivity index (χ4v) is 4.34. The number of ether oxygens (including phenoxy) is 1. The van der Waals surface area contributed by atoms with Crippen molar-refractivity contribution in [1.29, 1.82) is 0 Å². The maximum atomic E-state index is 5.99. The summed E-state index contributed by atoms with van der Waals surface area (Å²) in [7, 11) is 0. The van der Waals surface area contributed by atoms with Crippen LogP contribution in [0.4, 0.5) is 0 Å². The van der Waals surface area contributed by atoms with Gasteiger partial charge in [0.2, 0.25) is 0 Å². The predicted octanol–water partition coefficient (Wildman–Crippen LogP) is 2.47. The third-order valence-electron chi connectivity index (χ3n) is 4.38. The molecule has 4 nitrogen and oxygen atoms in total. The molecule has 1 N–H and O–H groups in total. The fraction of sp³-hybridized carbons (Fsp3) is 0.800. The van der Waals surface area contributed by atoms with E-state index in [0.29, 0.717) is 12.0 Å². The lowest BCUT2D eigenvalue weighted by Gasteiger charge is -2.26. The molecule has 2 saturated heterocycles. The molecule has 0 aromatic carbocycles. The van der Waals surface area contributed by atoms with E-state index in [9.17, 15) is 0 Å². The molecule has 2 aliphatic heterocycles. The molecular formula is C15H25N3OS. The molecule has 112 valence electrons. The van der Waals surface area contributed by atoms with Crippen LogP contribution in [-0.4, -0.2) is 40.5 Å². The van der Waals surface area contributed by atoms with E-state index in [-0.39, 0.29) is 6.10 Å². The number of rotatable bonds is 5. The van der Waals surface area contributed by atoms with E-state index in [4.69, 9.17) is 4.74 Å². The van der Waals surface area contributed by atoms with Crippen LogP contribution in [0.2, 0.25) is 0 Å². The summed E-state index contributed by atoms with van der Waals surface area (Å²) >= 11 is 2.08. The molecule has 0 radical (unpaired) electrons. The zero-order chi connectivity index (χ0) is 13.8. The standard InChI is InChI=1S/C15H25N3OS/c1-2-18-14(5-7-17-18)15-12(6-8-19-15)10-16-13-4-3-9-20-11-13/h5,7,12-13,15-16H,2-4,6,8-11H2,1H3/t12-,13-,15+/m0/s1. The Labute approximate surface area is 125 Å². The number of nitrogens with zero attached hydrogens (tertiary/aromatic N) is 2. The second-order valence-corrected chi connectivity index (χ2v) is 6.88. The van der Waals surface area contributed by atoms with Gasteiger partial charge in [-0.05, 0) is 38.0 Å². The van der Waals surface area contributed by atoms with Gasteiger partial charge in [-0.3, -0.25) is 4.68 Å². The molecule has 20 heavy (non-hydrogen) atoms. The largest absolute Gasteiger partial charge is 0.372 e. The van der Waals surface area contributed by atoms with Gasteiger partial charge in [0.25, 0.3) is 0 Å². The van der Waals surface area contributed by atoms with Crippen LogP contribution in [0.5, 0.6) is 0 Å². The Morgan fingerprint density at radius 2 is 2.45 bits per heavy atom. The van der Waals surface area contributed by atoms with E-state index in [1.54, 1.807) is 0 Å². The van der Waals surface area contributed by atoms with Crippen LogP contribution in [0.3, 0.4) is 0 Å². The molecule has 0 spiro atoms. The van der Waals surface area contributed by atoms with Gasteiger partial charge in [0.05, 0.1) is 5.69 Å². The first-order chi connectivity index (χ1) is 9.88. The molecule has 1 aromatic rings. The number of thioether (sulfide) groups is 1. The molecule has 3 rings (SSSR count). The maximum Gasteiger partial charge on any atom is 0.103 e. The van der Waals surface area contributed by atoms with Gasteiger partial charge < -0.3 is 10.1 Å². The summed E-state index contributed by atoms with van der Waals surface area (Å²) in [5.41, 5.74) is 1.25. The Hall–Kier alpha value is -0.520. The van der Waals surface area contributed by atoms with E-state index < -0.39 is 0 Å². The Kier molecular flexibility index (Phi) is 5.02. The number of aromatic nitrogens is 2. The van der Waals surface area contributed by atoms with E-state index in [1.807, 2.05) is 6.20 Å². The SMILES string of the molecule is CCn1nccc1[C@@H]1OCC[C@H]1CN[C@H]1CCCSC1. The predicted molar refractivity (Wildman–Crippen MR) is 83.1 cm³/mol. The summed E-state index contributed by atoms with van der Waals surface area (Å²) in [5.74, 6) is 3.19. The average molecular weight is 295 g/mol. The topological polar surface area (TPSA) is 39.1 Å². The summed E-state index contributed by atoms with van der Waals surface area (Å²) in [6, 6.07) is 2.81. The van der Waals surface area contributed by atoms with Crippen molar-refractivity contribution in [1.82, 2.24) is 15.1 Å². The molecule has 1 aromatic heterocycles. The summed E-state index contributed by atoms with van der Waals surface area (Å²) in [6.07, 6.45) is 5.96. The van der Waals surface area contributed by atoms with Crippen LogP contribution in [0.1, 0.15) is 38.0 Å². The molecule has 5 heteroatoms. The van der Waals surface area contributed by atoms with Crippen molar-refractivity contribution >= 4 is 11.8 Å². The van der Waals surface area contributed by atoms with Crippen LogP contribution < -0.4 is 5.32 Å². The van der Waals surface area contributed by atoms with Crippen molar-refractivity contribution in [3.05, 3.63) is 18.0 Å². The Morgan fingerprint density at radius 1 is 1.50 bits per heavy atom. The number of nitrogens with one attached hydrogen (secondary N) is 1. The van der Waals surface area contributed by atoms with Gasteiger partial charge in [0.1, 0.15) is 6.10 Å². The highest BCUT2D eigenvalue weighted by Crippen LogP contribution is 2.34. The highest BCUT2D eigenvalue weighted by atomic mass is 32.2. The maximum absolute atomic E-state index is 5.99. The molecule has 0 unspecified atom stereocenters. The van der Waals surface area contributed by atoms with E-state index in [2.05, 4.69) is 39.8 Å². The lowest BCUT2D eigenvalue weighted by atomic mass is 9.98. The van der Waals surface area contributed by atoms with Crippen molar-refractivity contribution in [2.24, 2.45) is 5.92 Å². The summed E-state index contributed by atoms with van der Waals surface area (Å²) in [6.45, 7) is 5.01. The highest BCUT2D eigenvalue weighted by molar-refractivity contribution is 7.99. The number of hydrogen-bond donors (Lipinski definition) is 1. The number of aryl methyl sites for hydroxylation is 1. The molecule has 0 aliphatic carbocycles. The summed E-state index contributed by atoms with van der Waals surface area (Å²) in [4.78, 5) is 0. The Morgan fingerprint density at radius 3 is 3.25 bits per heavy atom. The molecule has 2 fully saturated rings. The lowest BCUT2D eigenvalue weighted by molar-refractivity contribution is 0.0824. The Balaban J connectivity index is 1.58. The van der Waals surface area contributed by atoms with Gasteiger partial charge in [-0.15, -0.1) is 0 Å². The zero-order valence-electron chi connectivity index (χ0n) is 12.3. The molecule has 0 saturated carbocycles. The van der Waals surface area contributed by atoms with Gasteiger partial charge in [-0.25, -0.2) is 0 Å². The third kappa shape index (κ3) is 3.21. The smallest absolute Gasteiger partial charge is 0.103 e. The fourth-order valence-electron chi connectivity index (χ4n) is 3.24. The molecule has 3 atom stereocenters. The third-order valence-corrected chi connectivity index (χ3v) is 5.60. The van der Waals surface area contributed by atoms with Crippen molar-refractivity contribution in [2.75, 3.05) is 24.7 Å². The number of hydrogen-bond acceptors (Lipinski definition) is 4. The van der Waals surface area contributed by atoms with Gasteiger partial charge in [-0.1, -0.05) is 0 Å². The van der Waals surface area contributed by atoms with Gasteiger partial charge >= 0.3 is 0 Å². The van der Waals surface area contributed by atoms with E-state index >= 15 is 0 Å². The van der Waals surface area contributed by atoms with Gasteiger partial charge in [-0.2, -0.15) is 16.9 Å². The normalized spacial score (nSPS) is 30.8. The van der Waals surface area contributed by atoms with Crippen LogP contribution in [-0.2, 0) is 11.3 Å². The molecule has 0 amide bonds. The summed E-state index contributed by atoms with van der Waals surface area (Å²) < 4.78 is 8.06. The van der Waals surface area contributed by atoms with Crippen LogP contribution in [0.15, 0.2) is 12.3 Å². The molecule has 3 heterocycles. The van der Waals surface area contributed by atoms with Gasteiger partial charge in [0.15, 0.2) is 0 Å². The second-order valence-electron chi connectivity index (χ2n) is 5.73. The summed E-state index contributed by atoms with van der Waals surface area (Å²) in [5, 5.41) is 8.14. The average Bonchev–Trinajstić information content (AvgIpc) is 3.14. The van der Waals surface area contributed by atoms with Crippen molar-refractivity contribution < 1.29 is 4.74 Å². The zero-order valence-corrected chi connectivity index (χ0v) is 13.1. The first-order valence-corrected chi connectivity index (χ1v) is 8.98. The van der Waals surface area contributed by atoms with Gasteiger partial charge in [0, 0.05) is 43.6 Å². The minimum absolute atomic E-state index is 0.223. The molecular weight excluding hydrogens is 270 g/mol. The van der Waals surface area contributed by atoms with Crippen molar-refractivity contribution in [3.8, 4) is 0 Å². The molecule has 0 bridgehead atoms. The molecule has 2 aliphatic rings. The monoisotopic (exact) mass is 295 g/mol. The first kappa shape index (κ1) is 14.4. The minimum Gasteiger partial charge on any atom is -0.372 e. The van der Waals surface area contributed by atoms with Crippen molar-refractivity contribution in [2.45, 2.75) is 44.9 Å².